The molecule has 1 heterocycles. The summed E-state index contributed by atoms with van der Waals surface area (Å²) in [6, 6.07) is 8.69. The fourth-order valence-electron chi connectivity index (χ4n) is 2.80. The van der Waals surface area contributed by atoms with Gasteiger partial charge in [0.1, 0.15) is 6.61 Å². The molecule has 1 aromatic carbocycles. The highest BCUT2D eigenvalue weighted by molar-refractivity contribution is 5.76. The minimum absolute atomic E-state index is 0.285. The summed E-state index contributed by atoms with van der Waals surface area (Å²) in [5.74, 6) is -0.285. The second-order valence-electron chi connectivity index (χ2n) is 5.88. The van der Waals surface area contributed by atoms with Gasteiger partial charge in [0, 0.05) is 38.4 Å². The van der Waals surface area contributed by atoms with Crippen molar-refractivity contribution in [1.82, 2.24) is 10.2 Å². The maximum absolute atomic E-state index is 10.9. The fourth-order valence-corrected chi connectivity index (χ4v) is 2.80. The molecule has 0 unspecified atom stereocenters. The van der Waals surface area contributed by atoms with E-state index in [1.807, 2.05) is 0 Å². The molecule has 0 aliphatic carbocycles. The van der Waals surface area contributed by atoms with Gasteiger partial charge in [-0.3, -0.25) is 9.69 Å². The summed E-state index contributed by atoms with van der Waals surface area (Å²) >= 11 is 0. The van der Waals surface area contributed by atoms with Crippen LogP contribution in [0.2, 0.25) is 0 Å². The zero-order chi connectivity index (χ0) is 15.8. The highest BCUT2D eigenvalue weighted by Gasteiger charge is 2.16. The molecule has 5 heteroatoms. The van der Waals surface area contributed by atoms with Gasteiger partial charge in [-0.25, -0.2) is 0 Å². The molecule has 0 radical (unpaired) electrons. The molecular weight excluding hydrogens is 278 g/mol. The Morgan fingerprint density at radius 3 is 2.68 bits per heavy atom. The Morgan fingerprint density at radius 1 is 1.23 bits per heavy atom. The van der Waals surface area contributed by atoms with E-state index in [-0.39, 0.29) is 5.91 Å². The molecule has 0 spiro atoms. The molecule has 2 N–H and O–H groups in total. The van der Waals surface area contributed by atoms with Crippen LogP contribution >= 0.6 is 0 Å². The van der Waals surface area contributed by atoms with Gasteiger partial charge in [-0.2, -0.15) is 0 Å². The highest BCUT2D eigenvalue weighted by Crippen LogP contribution is 2.17. The van der Waals surface area contributed by atoms with Crippen molar-refractivity contribution in [2.24, 2.45) is 0 Å². The van der Waals surface area contributed by atoms with Crippen molar-refractivity contribution in [1.29, 1.82) is 0 Å². The Kier molecular flexibility index (Phi) is 6.68. The van der Waals surface area contributed by atoms with Crippen LogP contribution in [0.25, 0.3) is 0 Å². The summed E-state index contributed by atoms with van der Waals surface area (Å²) in [7, 11) is 0. The number of rotatable bonds is 7. The van der Waals surface area contributed by atoms with E-state index in [9.17, 15) is 4.79 Å². The molecule has 0 saturated carbocycles. The van der Waals surface area contributed by atoms with Gasteiger partial charge in [-0.15, -0.1) is 0 Å². The van der Waals surface area contributed by atoms with Gasteiger partial charge in [0.25, 0.3) is 0 Å². The van der Waals surface area contributed by atoms with Crippen LogP contribution in [0.3, 0.4) is 0 Å². The van der Waals surface area contributed by atoms with Crippen LogP contribution in [0, 0.1) is 6.92 Å². The molecule has 1 fully saturated rings. The number of amides is 1. The lowest BCUT2D eigenvalue weighted by atomic mass is 10.2. The topological polar surface area (TPSA) is 55.8 Å². The van der Waals surface area contributed by atoms with Gasteiger partial charge in [0.2, 0.25) is 5.91 Å². The number of aryl methyl sites for hydroxylation is 1. The average Bonchev–Trinajstić information content (AvgIpc) is 2.55. The van der Waals surface area contributed by atoms with E-state index in [0.29, 0.717) is 6.54 Å². The van der Waals surface area contributed by atoms with Crippen molar-refractivity contribution in [3.63, 3.8) is 0 Å². The molecule has 22 heavy (non-hydrogen) atoms. The maximum Gasteiger partial charge on any atom is 0.245 e. The number of anilines is 1. The third kappa shape index (κ3) is 5.31. The Morgan fingerprint density at radius 2 is 2.00 bits per heavy atom. The molecule has 1 saturated heterocycles. The van der Waals surface area contributed by atoms with Crippen LogP contribution in [-0.2, 0) is 4.79 Å². The number of hydrogen-bond donors (Lipinski definition) is 2. The molecule has 1 aromatic rings. The van der Waals surface area contributed by atoms with Crippen molar-refractivity contribution >= 4 is 11.6 Å². The molecule has 1 aliphatic heterocycles. The quantitative estimate of drug-likeness (QED) is 0.738. The zero-order valence-electron chi connectivity index (χ0n) is 13.4. The first kappa shape index (κ1) is 16.8. The van der Waals surface area contributed by atoms with Gasteiger partial charge in [0.05, 0.1) is 0 Å². The predicted octanol–water partition coefficient (Wildman–Crippen LogP) is 1.01. The SMILES string of the molecule is Cc1cccc(N2CCN(CCCCNC(=O)CO)CC2)c1. The van der Waals surface area contributed by atoms with Gasteiger partial charge in [-0.05, 0) is 44.0 Å². The molecule has 5 nitrogen and oxygen atoms in total. The van der Waals surface area contributed by atoms with E-state index >= 15 is 0 Å². The van der Waals surface area contributed by atoms with Crippen LogP contribution in [0.4, 0.5) is 5.69 Å². The Hall–Kier alpha value is -1.59. The summed E-state index contributed by atoms with van der Waals surface area (Å²) in [6.45, 7) is 7.79. The third-order valence-electron chi connectivity index (χ3n) is 4.11. The number of aliphatic hydroxyl groups excluding tert-OH is 1. The van der Waals surface area contributed by atoms with Crippen LogP contribution < -0.4 is 10.2 Å². The first-order valence-corrected chi connectivity index (χ1v) is 8.10. The van der Waals surface area contributed by atoms with Crippen LogP contribution in [0.1, 0.15) is 18.4 Å². The Balaban J connectivity index is 1.62. The van der Waals surface area contributed by atoms with Gasteiger partial charge in [0.15, 0.2) is 0 Å². The third-order valence-corrected chi connectivity index (χ3v) is 4.11. The lowest BCUT2D eigenvalue weighted by Gasteiger charge is -2.36. The summed E-state index contributed by atoms with van der Waals surface area (Å²) in [5, 5.41) is 11.3. The lowest BCUT2D eigenvalue weighted by molar-refractivity contribution is -0.123. The number of carbonyl (C=O) groups is 1. The Labute approximate surface area is 132 Å². The van der Waals surface area contributed by atoms with E-state index in [1.54, 1.807) is 0 Å². The van der Waals surface area contributed by atoms with Gasteiger partial charge in [-0.1, -0.05) is 12.1 Å². The number of hydrogen-bond acceptors (Lipinski definition) is 4. The standard InChI is InChI=1S/C17H27N3O2/c1-15-5-4-6-16(13-15)20-11-9-19(10-12-20)8-3-2-7-18-17(22)14-21/h4-6,13,21H,2-3,7-12,14H2,1H3,(H,18,22). The molecule has 0 bridgehead atoms. The van der Waals surface area contributed by atoms with E-state index in [4.69, 9.17) is 5.11 Å². The number of nitrogens with zero attached hydrogens (tertiary/aromatic N) is 2. The smallest absolute Gasteiger partial charge is 0.245 e. The normalized spacial score (nSPS) is 15.8. The average molecular weight is 305 g/mol. The number of nitrogens with one attached hydrogen (secondary N) is 1. The van der Waals surface area contributed by atoms with Crippen molar-refractivity contribution in [3.05, 3.63) is 29.8 Å². The predicted molar refractivity (Wildman–Crippen MR) is 89.2 cm³/mol. The van der Waals surface area contributed by atoms with Gasteiger partial charge >= 0.3 is 0 Å². The van der Waals surface area contributed by atoms with Crippen molar-refractivity contribution in [3.8, 4) is 0 Å². The van der Waals surface area contributed by atoms with Crippen LogP contribution in [0.15, 0.2) is 24.3 Å². The number of benzene rings is 1. The van der Waals surface area contributed by atoms with Crippen molar-refractivity contribution in [2.45, 2.75) is 19.8 Å². The van der Waals surface area contributed by atoms with E-state index in [2.05, 4.69) is 46.3 Å². The molecule has 0 atom stereocenters. The number of unbranched alkanes of at least 4 members (excludes halogenated alkanes) is 1. The monoisotopic (exact) mass is 305 g/mol. The van der Waals surface area contributed by atoms with Crippen molar-refractivity contribution < 1.29 is 9.90 Å². The number of piperazine rings is 1. The minimum Gasteiger partial charge on any atom is -0.387 e. The highest BCUT2D eigenvalue weighted by atomic mass is 16.3. The molecular formula is C17H27N3O2. The molecule has 0 aromatic heterocycles. The molecule has 1 amide bonds. The molecule has 122 valence electrons. The zero-order valence-corrected chi connectivity index (χ0v) is 13.4. The minimum atomic E-state index is -0.416. The Bertz CT molecular complexity index is 471. The summed E-state index contributed by atoms with van der Waals surface area (Å²) in [5.41, 5.74) is 2.64. The van der Waals surface area contributed by atoms with Crippen LogP contribution in [-0.4, -0.2) is 61.8 Å². The largest absolute Gasteiger partial charge is 0.387 e. The van der Waals surface area contributed by atoms with Gasteiger partial charge < -0.3 is 15.3 Å². The first-order valence-electron chi connectivity index (χ1n) is 8.10. The lowest BCUT2D eigenvalue weighted by Crippen LogP contribution is -2.46. The van der Waals surface area contributed by atoms with E-state index < -0.39 is 6.61 Å². The van der Waals surface area contributed by atoms with E-state index in [1.165, 1.54) is 11.3 Å². The van der Waals surface area contributed by atoms with E-state index in [0.717, 1.165) is 45.6 Å². The van der Waals surface area contributed by atoms with Crippen LogP contribution in [0.5, 0.6) is 0 Å². The maximum atomic E-state index is 10.9. The number of aliphatic hydroxyl groups is 1. The summed E-state index contributed by atoms with van der Waals surface area (Å²) in [6.07, 6.45) is 2.04. The second-order valence-corrected chi connectivity index (χ2v) is 5.88. The molecule has 2 rings (SSSR count). The molecule has 1 aliphatic rings. The summed E-state index contributed by atoms with van der Waals surface area (Å²) in [4.78, 5) is 15.8. The first-order chi connectivity index (χ1) is 10.7. The summed E-state index contributed by atoms with van der Waals surface area (Å²) < 4.78 is 0. The second kappa shape index (κ2) is 8.76. The number of carbonyl (C=O) groups excluding carboxylic acids is 1. The fraction of sp³-hybridized carbons (Fsp3) is 0.588. The van der Waals surface area contributed by atoms with Crippen molar-refractivity contribution in [2.75, 3.05) is 50.8 Å².